The van der Waals surface area contributed by atoms with Gasteiger partial charge in [-0.1, -0.05) is 220 Å². The predicted molar refractivity (Wildman–Crippen MR) is 299 cm³/mol. The van der Waals surface area contributed by atoms with E-state index in [9.17, 15) is 0 Å². The van der Waals surface area contributed by atoms with Crippen LogP contribution in [0.15, 0.2) is 40.8 Å². The fraction of sp³-hybridized carbons (Fsp3) is 0.767. The van der Waals surface area contributed by atoms with Gasteiger partial charge in [0.05, 0.1) is 43.5 Å². The molecule has 0 aromatic carbocycles. The molecule has 0 aliphatic carbocycles. The van der Waals surface area contributed by atoms with Crippen LogP contribution in [0, 0.1) is 11.8 Å². The van der Waals surface area contributed by atoms with Gasteiger partial charge in [0.25, 0.3) is 11.8 Å². The molecule has 5 heterocycles. The minimum atomic E-state index is -0.501. The second kappa shape index (κ2) is 30.7. The molecule has 0 saturated carbocycles. The van der Waals surface area contributed by atoms with Crippen molar-refractivity contribution in [3.63, 3.8) is 0 Å². The van der Waals surface area contributed by atoms with Gasteiger partial charge in [-0.2, -0.15) is 0 Å². The molecule has 2 amide bonds. The van der Waals surface area contributed by atoms with E-state index in [-0.39, 0.29) is 11.8 Å². The van der Waals surface area contributed by atoms with Gasteiger partial charge in [-0.15, -0.1) is 22.7 Å². The van der Waals surface area contributed by atoms with E-state index in [0.29, 0.717) is 36.1 Å². The lowest BCUT2D eigenvalue weighted by atomic mass is 9.88. The normalized spacial score (nSPS) is 17.7. The summed E-state index contributed by atoms with van der Waals surface area (Å²) >= 11 is 3.30. The van der Waals surface area contributed by atoms with Crippen molar-refractivity contribution >= 4 is 57.8 Å². The third-order valence-electron chi connectivity index (χ3n) is 16.0. The Morgan fingerprint density at radius 2 is 0.826 bits per heavy atom. The van der Waals surface area contributed by atoms with Gasteiger partial charge in [0.2, 0.25) is 0 Å². The molecule has 2 atom stereocenters. The highest BCUT2D eigenvalue weighted by molar-refractivity contribution is 7.23. The molecule has 2 aromatic heterocycles. The molecule has 0 radical (unpaired) electrons. The third-order valence-corrected chi connectivity index (χ3v) is 18.0. The van der Waals surface area contributed by atoms with E-state index in [4.69, 9.17) is 9.31 Å². The summed E-state index contributed by atoms with van der Waals surface area (Å²) in [4.78, 5) is 37.4. The van der Waals surface area contributed by atoms with E-state index in [2.05, 4.69) is 94.8 Å². The van der Waals surface area contributed by atoms with E-state index < -0.39 is 18.3 Å². The summed E-state index contributed by atoms with van der Waals surface area (Å²) in [5.74, 6) is 0.811. The zero-order chi connectivity index (χ0) is 49.5. The van der Waals surface area contributed by atoms with Crippen molar-refractivity contribution < 1.29 is 18.9 Å². The average Bonchev–Trinajstić information content (AvgIpc) is 4.16. The Hall–Kier alpha value is -2.20. The highest BCUT2D eigenvalue weighted by Gasteiger charge is 2.53. The van der Waals surface area contributed by atoms with Gasteiger partial charge < -0.3 is 19.1 Å². The topological polar surface area (TPSA) is 59.1 Å². The summed E-state index contributed by atoms with van der Waals surface area (Å²) in [5, 5.41) is 2.11. The molecule has 2 unspecified atom stereocenters. The number of amides is 2. The third kappa shape index (κ3) is 17.2. The second-order valence-electron chi connectivity index (χ2n) is 22.4. The van der Waals surface area contributed by atoms with Gasteiger partial charge in [-0.05, 0) is 82.7 Å². The summed E-state index contributed by atoms with van der Waals surface area (Å²) < 4.78 is 14.1. The van der Waals surface area contributed by atoms with Crippen LogP contribution in [-0.2, 0) is 18.9 Å². The van der Waals surface area contributed by atoms with Crippen molar-refractivity contribution in [2.24, 2.45) is 11.8 Å². The Labute approximate surface area is 431 Å². The molecule has 0 N–H and O–H groups in total. The summed E-state index contributed by atoms with van der Waals surface area (Å²) in [5.41, 5.74) is 2.01. The second-order valence-corrected chi connectivity index (χ2v) is 24.5. The number of hydrogen-bond acceptors (Lipinski definition) is 6. The maximum absolute atomic E-state index is 15.6. The Bertz CT molecular complexity index is 1830. The SMILES string of the molecule is CCCCCCCCCCC(CCCCCCCC)CN1C(=O)C2=C(c3ccc(B4OC(C)(C)C(C)(C)O4)s3)N(CC(CCCCCCCC)CCCCCCCCCC)C(=O)C2=C1c1cccs1. The van der Waals surface area contributed by atoms with Crippen molar-refractivity contribution in [1.82, 2.24) is 9.80 Å². The number of fused-ring (bicyclic) bond motifs is 1. The number of carbonyl (C=O) groups is 2. The lowest BCUT2D eigenvalue weighted by molar-refractivity contribution is -0.124. The molecule has 1 fully saturated rings. The molecule has 388 valence electrons. The van der Waals surface area contributed by atoms with Gasteiger partial charge in [0.1, 0.15) is 0 Å². The fourth-order valence-electron chi connectivity index (χ4n) is 11.0. The smallest absolute Gasteiger partial charge is 0.399 e. The number of hydrogen-bond donors (Lipinski definition) is 0. The zero-order valence-corrected chi connectivity index (χ0v) is 47.1. The maximum Gasteiger partial charge on any atom is 0.505 e. The first-order valence-corrected chi connectivity index (χ1v) is 30.8. The molecule has 5 rings (SSSR count). The van der Waals surface area contributed by atoms with Gasteiger partial charge in [0, 0.05) is 17.9 Å². The van der Waals surface area contributed by atoms with Crippen LogP contribution in [0.25, 0.3) is 11.4 Å². The lowest BCUT2D eigenvalue weighted by Gasteiger charge is -2.32. The molecule has 0 bridgehead atoms. The van der Waals surface area contributed by atoms with Crippen LogP contribution in [0.5, 0.6) is 0 Å². The Kier molecular flexibility index (Phi) is 25.7. The number of thiophene rings is 2. The van der Waals surface area contributed by atoms with Crippen molar-refractivity contribution in [3.8, 4) is 0 Å². The van der Waals surface area contributed by atoms with Crippen molar-refractivity contribution in [2.75, 3.05) is 13.1 Å². The monoisotopic (exact) mass is 987 g/mol. The highest BCUT2D eigenvalue weighted by atomic mass is 32.1. The summed E-state index contributed by atoms with van der Waals surface area (Å²) in [6.07, 6.45) is 40.5. The van der Waals surface area contributed by atoms with E-state index >= 15 is 9.59 Å². The largest absolute Gasteiger partial charge is 0.505 e. The molecule has 9 heteroatoms. The first kappa shape index (κ1) is 57.7. The number of rotatable bonds is 39. The minimum absolute atomic E-state index is 0.0178. The molecule has 0 spiro atoms. The van der Waals surface area contributed by atoms with E-state index in [1.54, 1.807) is 22.7 Å². The summed E-state index contributed by atoms with van der Waals surface area (Å²) in [6.45, 7) is 18.9. The highest BCUT2D eigenvalue weighted by Crippen LogP contribution is 2.49. The standard InChI is InChI=1S/C60H99BN2O4S2/c1-9-13-17-21-25-27-31-35-40-48(38-33-29-23-19-15-11-3)46-62-55(50-42-37-45-68-50)53-54(58(62)65)56(51-43-44-52(69-51)61-66-59(5,6)60(7,8)67-61)63(57(53)64)47-49(39-34-30-24-20-16-12-4)41-36-32-28-26-22-18-14-10-2/h37,42-45,48-49H,9-36,38-41,46-47H2,1-8H3. The van der Waals surface area contributed by atoms with Crippen molar-refractivity contribution in [3.05, 3.63) is 50.5 Å². The van der Waals surface area contributed by atoms with Crippen molar-refractivity contribution in [1.29, 1.82) is 0 Å². The molecule has 6 nitrogen and oxygen atoms in total. The molecular formula is C60H99BN2O4S2. The zero-order valence-electron chi connectivity index (χ0n) is 45.5. The Morgan fingerprint density at radius 3 is 1.17 bits per heavy atom. The first-order valence-electron chi connectivity index (χ1n) is 29.1. The molecular weight excluding hydrogens is 888 g/mol. The fourth-order valence-corrected chi connectivity index (χ4v) is 12.8. The van der Waals surface area contributed by atoms with Gasteiger partial charge >= 0.3 is 7.12 Å². The van der Waals surface area contributed by atoms with E-state index in [1.807, 2.05) is 0 Å². The van der Waals surface area contributed by atoms with Crippen LogP contribution in [0.3, 0.4) is 0 Å². The Balaban J connectivity index is 1.48. The average molecular weight is 987 g/mol. The first-order chi connectivity index (χ1) is 33.5. The number of carbonyl (C=O) groups excluding carboxylic acids is 2. The summed E-state index contributed by atoms with van der Waals surface area (Å²) in [7, 11) is -0.501. The predicted octanol–water partition coefficient (Wildman–Crippen LogP) is 17.7. The number of nitrogens with zero attached hydrogens (tertiary/aromatic N) is 2. The van der Waals surface area contributed by atoms with Crippen LogP contribution in [0.1, 0.15) is 271 Å². The number of unbranched alkanes of at least 4 members (excludes halogenated alkanes) is 24. The van der Waals surface area contributed by atoms with Crippen LogP contribution >= 0.6 is 22.7 Å². The summed E-state index contributed by atoms with van der Waals surface area (Å²) in [6, 6.07) is 8.48. The molecule has 1 saturated heterocycles. The van der Waals surface area contributed by atoms with E-state index in [1.165, 1.54) is 180 Å². The molecule has 3 aliphatic heterocycles. The van der Waals surface area contributed by atoms with E-state index in [0.717, 1.165) is 51.6 Å². The minimum Gasteiger partial charge on any atom is -0.399 e. The molecule has 69 heavy (non-hydrogen) atoms. The lowest BCUT2D eigenvalue weighted by Crippen LogP contribution is -2.41. The van der Waals surface area contributed by atoms with Gasteiger partial charge in [-0.25, -0.2) is 0 Å². The maximum atomic E-state index is 15.6. The van der Waals surface area contributed by atoms with Crippen LogP contribution in [-0.4, -0.2) is 53.0 Å². The Morgan fingerprint density at radius 1 is 0.478 bits per heavy atom. The van der Waals surface area contributed by atoms with Gasteiger partial charge in [-0.3, -0.25) is 9.59 Å². The van der Waals surface area contributed by atoms with Crippen LogP contribution in [0.4, 0.5) is 0 Å². The van der Waals surface area contributed by atoms with Crippen LogP contribution < -0.4 is 4.78 Å². The van der Waals surface area contributed by atoms with Gasteiger partial charge in [0.15, 0.2) is 0 Å². The quantitative estimate of drug-likeness (QED) is 0.0495. The van der Waals surface area contributed by atoms with Crippen LogP contribution in [0.2, 0.25) is 0 Å². The van der Waals surface area contributed by atoms with Crippen molar-refractivity contribution in [2.45, 2.75) is 272 Å². The molecule has 3 aliphatic rings. The molecule has 2 aromatic rings.